The third kappa shape index (κ3) is 6.01. The van der Waals surface area contributed by atoms with Crippen molar-refractivity contribution in [3.8, 4) is 0 Å². The molecule has 0 fully saturated rings. The fourth-order valence-corrected chi connectivity index (χ4v) is 1.99. The van der Waals surface area contributed by atoms with Crippen LogP contribution in [0.5, 0.6) is 0 Å². The minimum Gasteiger partial charge on any atom is -0.0874 e. The van der Waals surface area contributed by atoms with Crippen molar-refractivity contribution in [3.63, 3.8) is 0 Å². The van der Waals surface area contributed by atoms with Gasteiger partial charge in [0.2, 0.25) is 0 Å². The van der Waals surface area contributed by atoms with Crippen molar-refractivity contribution in [1.82, 2.24) is 0 Å². The third-order valence-corrected chi connectivity index (χ3v) is 2.67. The van der Waals surface area contributed by atoms with Crippen LogP contribution in [0.1, 0.15) is 59.8 Å². The van der Waals surface area contributed by atoms with Crippen molar-refractivity contribution in [1.29, 1.82) is 0 Å². The van der Waals surface area contributed by atoms with Crippen LogP contribution >= 0.6 is 0 Å². The molecular formula is C14H26. The van der Waals surface area contributed by atoms with Crippen LogP contribution in [0.4, 0.5) is 0 Å². The summed E-state index contributed by atoms with van der Waals surface area (Å²) in [6, 6.07) is 0. The molecule has 0 unspecified atom stereocenters. The topological polar surface area (TPSA) is 0 Å². The van der Waals surface area contributed by atoms with Gasteiger partial charge < -0.3 is 0 Å². The molecule has 0 atom stereocenters. The number of hydrogen-bond donors (Lipinski definition) is 0. The molecule has 0 aromatic rings. The van der Waals surface area contributed by atoms with Crippen molar-refractivity contribution in [3.05, 3.63) is 23.8 Å². The standard InChI is InChI=1S/C14H26/c1-5-9-13(8-4)12-14(10-6-2)11-7-3/h5,8-9,14H,6-7,10-12H2,1-4H3/b9-5-,13-8+. The molecular weight excluding hydrogens is 168 g/mol. The molecule has 0 saturated carbocycles. The second-order valence-electron chi connectivity index (χ2n) is 4.01. The Kier molecular flexibility index (Phi) is 8.72. The van der Waals surface area contributed by atoms with Crippen LogP contribution in [0.15, 0.2) is 23.8 Å². The van der Waals surface area contributed by atoms with Crippen molar-refractivity contribution in [2.75, 3.05) is 0 Å². The third-order valence-electron chi connectivity index (χ3n) is 2.67. The predicted octanol–water partition coefficient (Wildman–Crippen LogP) is 5.12. The van der Waals surface area contributed by atoms with Crippen LogP contribution in [0.3, 0.4) is 0 Å². The second-order valence-corrected chi connectivity index (χ2v) is 4.01. The summed E-state index contributed by atoms with van der Waals surface area (Å²) < 4.78 is 0. The summed E-state index contributed by atoms with van der Waals surface area (Å²) in [5, 5.41) is 0. The molecule has 0 aliphatic heterocycles. The van der Waals surface area contributed by atoms with Crippen molar-refractivity contribution in [2.24, 2.45) is 5.92 Å². The first kappa shape index (κ1) is 13.5. The Balaban J connectivity index is 4.11. The van der Waals surface area contributed by atoms with E-state index in [0.717, 1.165) is 5.92 Å². The van der Waals surface area contributed by atoms with Gasteiger partial charge in [0.15, 0.2) is 0 Å². The van der Waals surface area contributed by atoms with Crippen LogP contribution in [-0.2, 0) is 0 Å². The molecule has 0 amide bonds. The average Bonchev–Trinajstić information content (AvgIpc) is 2.18. The number of allylic oxidation sites excluding steroid dienone is 4. The summed E-state index contributed by atoms with van der Waals surface area (Å²) in [5.74, 6) is 0.896. The Morgan fingerprint density at radius 3 is 2.00 bits per heavy atom. The summed E-state index contributed by atoms with van der Waals surface area (Å²) in [6.07, 6.45) is 13.3. The van der Waals surface area contributed by atoms with Gasteiger partial charge in [0.25, 0.3) is 0 Å². The van der Waals surface area contributed by atoms with E-state index >= 15 is 0 Å². The van der Waals surface area contributed by atoms with E-state index in [2.05, 4.69) is 45.9 Å². The summed E-state index contributed by atoms with van der Waals surface area (Å²) in [5.41, 5.74) is 1.50. The monoisotopic (exact) mass is 194 g/mol. The van der Waals surface area contributed by atoms with Crippen molar-refractivity contribution >= 4 is 0 Å². The quantitative estimate of drug-likeness (QED) is 0.494. The molecule has 0 spiro atoms. The van der Waals surface area contributed by atoms with E-state index in [-0.39, 0.29) is 0 Å². The zero-order valence-electron chi connectivity index (χ0n) is 10.3. The van der Waals surface area contributed by atoms with E-state index in [0.29, 0.717) is 0 Å². The van der Waals surface area contributed by atoms with Crippen LogP contribution in [0.25, 0.3) is 0 Å². The molecule has 0 aromatic carbocycles. The van der Waals surface area contributed by atoms with Crippen molar-refractivity contribution < 1.29 is 0 Å². The maximum atomic E-state index is 2.29. The Morgan fingerprint density at radius 2 is 1.64 bits per heavy atom. The smallest absolute Gasteiger partial charge is 0.0254 e. The molecule has 14 heavy (non-hydrogen) atoms. The molecule has 0 aliphatic rings. The highest BCUT2D eigenvalue weighted by molar-refractivity contribution is 5.17. The number of hydrogen-bond acceptors (Lipinski definition) is 0. The molecule has 0 bridgehead atoms. The van der Waals surface area contributed by atoms with Gasteiger partial charge in [0.05, 0.1) is 0 Å². The highest BCUT2D eigenvalue weighted by Crippen LogP contribution is 2.22. The van der Waals surface area contributed by atoms with Crippen LogP contribution in [0.2, 0.25) is 0 Å². The maximum absolute atomic E-state index is 2.29. The van der Waals surface area contributed by atoms with Gasteiger partial charge in [-0.3, -0.25) is 0 Å². The minimum absolute atomic E-state index is 0.896. The Morgan fingerprint density at radius 1 is 1.07 bits per heavy atom. The molecule has 0 saturated heterocycles. The lowest BCUT2D eigenvalue weighted by atomic mass is 9.91. The summed E-state index contributed by atoms with van der Waals surface area (Å²) in [4.78, 5) is 0. The number of rotatable bonds is 7. The first-order valence-electron chi connectivity index (χ1n) is 6.06. The molecule has 0 heterocycles. The Hall–Kier alpha value is -0.520. The van der Waals surface area contributed by atoms with Gasteiger partial charge in [-0.15, -0.1) is 0 Å². The molecule has 0 N–H and O–H groups in total. The van der Waals surface area contributed by atoms with E-state index in [1.165, 1.54) is 37.7 Å². The van der Waals surface area contributed by atoms with E-state index in [9.17, 15) is 0 Å². The SMILES string of the molecule is C/C=C\C(=C/C)CC(CCC)CCC. The van der Waals surface area contributed by atoms with Gasteiger partial charge in [0.1, 0.15) is 0 Å². The van der Waals surface area contributed by atoms with E-state index < -0.39 is 0 Å². The lowest BCUT2D eigenvalue weighted by Gasteiger charge is -2.15. The molecule has 0 rings (SSSR count). The zero-order chi connectivity index (χ0) is 10.8. The van der Waals surface area contributed by atoms with E-state index in [1.54, 1.807) is 0 Å². The summed E-state index contributed by atoms with van der Waals surface area (Å²) in [6.45, 7) is 8.81. The van der Waals surface area contributed by atoms with Gasteiger partial charge in [-0.05, 0) is 26.2 Å². The van der Waals surface area contributed by atoms with Crippen LogP contribution in [0, 0.1) is 5.92 Å². The highest BCUT2D eigenvalue weighted by atomic mass is 14.1. The Bertz CT molecular complexity index is 168. The first-order chi connectivity index (χ1) is 6.78. The van der Waals surface area contributed by atoms with Gasteiger partial charge in [-0.1, -0.05) is 63.3 Å². The van der Waals surface area contributed by atoms with Crippen LogP contribution < -0.4 is 0 Å². The van der Waals surface area contributed by atoms with E-state index in [4.69, 9.17) is 0 Å². The first-order valence-corrected chi connectivity index (χ1v) is 6.06. The second kappa shape index (κ2) is 9.05. The van der Waals surface area contributed by atoms with Gasteiger partial charge in [-0.2, -0.15) is 0 Å². The Labute approximate surface area is 90.1 Å². The molecule has 0 radical (unpaired) electrons. The van der Waals surface area contributed by atoms with Gasteiger partial charge in [-0.25, -0.2) is 0 Å². The lowest BCUT2D eigenvalue weighted by Crippen LogP contribution is -2.00. The maximum Gasteiger partial charge on any atom is -0.0254 e. The fraction of sp³-hybridized carbons (Fsp3) is 0.714. The largest absolute Gasteiger partial charge is 0.0874 e. The zero-order valence-corrected chi connectivity index (χ0v) is 10.3. The van der Waals surface area contributed by atoms with Gasteiger partial charge in [0, 0.05) is 0 Å². The minimum atomic E-state index is 0.896. The summed E-state index contributed by atoms with van der Waals surface area (Å²) in [7, 11) is 0. The molecule has 0 aliphatic carbocycles. The van der Waals surface area contributed by atoms with E-state index in [1.807, 2.05) is 0 Å². The molecule has 0 nitrogen and oxygen atoms in total. The molecule has 82 valence electrons. The van der Waals surface area contributed by atoms with Crippen LogP contribution in [-0.4, -0.2) is 0 Å². The highest BCUT2D eigenvalue weighted by Gasteiger charge is 2.07. The predicted molar refractivity (Wildman–Crippen MR) is 66.5 cm³/mol. The average molecular weight is 194 g/mol. The van der Waals surface area contributed by atoms with Crippen molar-refractivity contribution in [2.45, 2.75) is 59.8 Å². The summed E-state index contributed by atoms with van der Waals surface area (Å²) >= 11 is 0. The molecule has 0 aromatic heterocycles. The fourth-order valence-electron chi connectivity index (χ4n) is 1.99. The molecule has 0 heteroatoms. The van der Waals surface area contributed by atoms with Gasteiger partial charge >= 0.3 is 0 Å². The normalized spacial score (nSPS) is 13.1. The lowest BCUT2D eigenvalue weighted by molar-refractivity contribution is 0.439.